The number of nitrogens with zero attached hydrogens (tertiary/aromatic N) is 1. The Bertz CT molecular complexity index is 1450. The first-order chi connectivity index (χ1) is 16.1. The minimum Gasteiger partial charge on any atom is -0.497 e. The number of methoxy groups -OCH3 is 1. The molecule has 2 aromatic heterocycles. The van der Waals surface area contributed by atoms with E-state index in [4.69, 9.17) is 9.72 Å². The van der Waals surface area contributed by atoms with Crippen LogP contribution in [0.2, 0.25) is 0 Å². The molecule has 0 aliphatic carbocycles. The van der Waals surface area contributed by atoms with E-state index in [9.17, 15) is 4.79 Å². The van der Waals surface area contributed by atoms with Gasteiger partial charge in [0.2, 0.25) is 0 Å². The Kier molecular flexibility index (Phi) is 5.53. The van der Waals surface area contributed by atoms with Gasteiger partial charge in [-0.2, -0.15) is 0 Å². The molecule has 0 spiro atoms. The third-order valence-corrected chi connectivity index (χ3v) is 5.95. The number of aryl methyl sites for hydroxylation is 1. The minimum absolute atomic E-state index is 0.0897. The van der Waals surface area contributed by atoms with Gasteiger partial charge >= 0.3 is 0 Å². The van der Waals surface area contributed by atoms with Gasteiger partial charge in [-0.1, -0.05) is 48.5 Å². The Labute approximate surface area is 192 Å². The van der Waals surface area contributed by atoms with E-state index in [1.807, 2.05) is 67.7 Å². The molecule has 0 saturated heterocycles. The predicted octanol–water partition coefficient (Wildman–Crippen LogP) is 5.67. The van der Waals surface area contributed by atoms with Gasteiger partial charge in [0.25, 0.3) is 5.91 Å². The van der Waals surface area contributed by atoms with Crippen LogP contribution >= 0.6 is 0 Å². The standard InChI is InChI=1S/C28H25N3O2/c1-18-15-25(23-10-6-9-22(27(23)31-18)19-7-4-3-5-8-19)28(32)29-14-13-20-17-30-26-12-11-21(33-2)16-24(20)26/h3-12,15-17,30H,13-14H2,1-2H3,(H,29,32). The van der Waals surface area contributed by atoms with Crippen molar-refractivity contribution in [3.8, 4) is 16.9 Å². The number of H-pyrrole nitrogens is 1. The van der Waals surface area contributed by atoms with Crippen LogP contribution in [0.5, 0.6) is 5.75 Å². The number of ether oxygens (including phenoxy) is 1. The summed E-state index contributed by atoms with van der Waals surface area (Å²) >= 11 is 0. The number of benzene rings is 3. The Morgan fingerprint density at radius 2 is 1.85 bits per heavy atom. The zero-order valence-corrected chi connectivity index (χ0v) is 18.7. The lowest BCUT2D eigenvalue weighted by Gasteiger charge is -2.12. The molecule has 5 rings (SSSR count). The molecule has 164 valence electrons. The smallest absolute Gasteiger partial charge is 0.252 e. The molecule has 0 aliphatic rings. The number of pyridine rings is 1. The van der Waals surface area contributed by atoms with Crippen LogP contribution in [0.15, 0.2) is 79.0 Å². The summed E-state index contributed by atoms with van der Waals surface area (Å²) in [5, 5.41) is 5.07. The largest absolute Gasteiger partial charge is 0.497 e. The highest BCUT2D eigenvalue weighted by atomic mass is 16.5. The number of hydrogen-bond acceptors (Lipinski definition) is 3. The highest BCUT2D eigenvalue weighted by Gasteiger charge is 2.15. The van der Waals surface area contributed by atoms with Crippen LogP contribution in [0.3, 0.4) is 0 Å². The molecular weight excluding hydrogens is 410 g/mol. The Hall–Kier alpha value is -4.12. The van der Waals surface area contributed by atoms with Gasteiger partial charge in [-0.05, 0) is 48.7 Å². The number of hydrogen-bond donors (Lipinski definition) is 2. The number of rotatable bonds is 6. The first kappa shape index (κ1) is 20.8. The molecule has 5 heteroatoms. The second-order valence-corrected chi connectivity index (χ2v) is 8.11. The molecule has 5 nitrogen and oxygen atoms in total. The van der Waals surface area contributed by atoms with Gasteiger partial charge in [0.1, 0.15) is 5.75 Å². The van der Waals surface area contributed by atoms with Crippen LogP contribution < -0.4 is 10.1 Å². The summed E-state index contributed by atoms with van der Waals surface area (Å²) in [5.41, 5.74) is 6.63. The molecular formula is C28H25N3O2. The van der Waals surface area contributed by atoms with E-state index in [1.165, 1.54) is 0 Å². The van der Waals surface area contributed by atoms with Gasteiger partial charge in [0.15, 0.2) is 0 Å². The van der Waals surface area contributed by atoms with Crippen LogP contribution in [-0.4, -0.2) is 29.5 Å². The fourth-order valence-corrected chi connectivity index (χ4v) is 4.31. The van der Waals surface area contributed by atoms with Crippen molar-refractivity contribution in [2.75, 3.05) is 13.7 Å². The van der Waals surface area contributed by atoms with Crippen LogP contribution in [-0.2, 0) is 6.42 Å². The normalized spacial score (nSPS) is 11.1. The maximum Gasteiger partial charge on any atom is 0.252 e. The fourth-order valence-electron chi connectivity index (χ4n) is 4.31. The van der Waals surface area contributed by atoms with Gasteiger partial charge < -0.3 is 15.0 Å². The molecule has 1 amide bonds. The topological polar surface area (TPSA) is 67.0 Å². The Morgan fingerprint density at radius 1 is 1.00 bits per heavy atom. The average Bonchev–Trinajstić information content (AvgIpc) is 3.25. The summed E-state index contributed by atoms with van der Waals surface area (Å²) < 4.78 is 5.35. The Morgan fingerprint density at radius 3 is 2.67 bits per heavy atom. The number of fused-ring (bicyclic) bond motifs is 2. The third kappa shape index (κ3) is 4.05. The number of amides is 1. The number of aromatic amines is 1. The predicted molar refractivity (Wildman–Crippen MR) is 133 cm³/mol. The second kappa shape index (κ2) is 8.79. The van der Waals surface area contributed by atoms with Crippen LogP contribution in [0.25, 0.3) is 32.9 Å². The third-order valence-electron chi connectivity index (χ3n) is 5.95. The van der Waals surface area contributed by atoms with Gasteiger partial charge in [-0.25, -0.2) is 0 Å². The summed E-state index contributed by atoms with van der Waals surface area (Å²) in [7, 11) is 1.66. The summed E-state index contributed by atoms with van der Waals surface area (Å²) in [4.78, 5) is 21.2. The first-order valence-electron chi connectivity index (χ1n) is 11.0. The van der Waals surface area contributed by atoms with Gasteiger partial charge in [-0.3, -0.25) is 9.78 Å². The number of nitrogens with one attached hydrogen (secondary N) is 2. The highest BCUT2D eigenvalue weighted by molar-refractivity contribution is 6.09. The van der Waals surface area contributed by atoms with E-state index >= 15 is 0 Å². The lowest BCUT2D eigenvalue weighted by atomic mass is 9.98. The van der Waals surface area contributed by atoms with Crippen LogP contribution in [0, 0.1) is 6.92 Å². The van der Waals surface area contributed by atoms with Crippen molar-refractivity contribution in [1.29, 1.82) is 0 Å². The summed E-state index contributed by atoms with van der Waals surface area (Å²) in [5.74, 6) is 0.730. The zero-order chi connectivity index (χ0) is 22.8. The quantitative estimate of drug-likeness (QED) is 0.361. The van der Waals surface area contributed by atoms with Gasteiger partial charge in [0, 0.05) is 40.3 Å². The van der Waals surface area contributed by atoms with Crippen molar-refractivity contribution < 1.29 is 9.53 Å². The van der Waals surface area contributed by atoms with E-state index in [2.05, 4.69) is 28.5 Å². The molecule has 2 N–H and O–H groups in total. The number of carbonyl (C=O) groups excluding carboxylic acids is 1. The summed E-state index contributed by atoms with van der Waals surface area (Å²) in [6.45, 7) is 2.46. The maximum absolute atomic E-state index is 13.2. The summed E-state index contributed by atoms with van der Waals surface area (Å²) in [6.07, 6.45) is 2.71. The van der Waals surface area contributed by atoms with Gasteiger partial charge in [-0.15, -0.1) is 0 Å². The lowest BCUT2D eigenvalue weighted by molar-refractivity contribution is 0.0955. The lowest BCUT2D eigenvalue weighted by Crippen LogP contribution is -2.26. The molecule has 0 unspecified atom stereocenters. The van der Waals surface area contributed by atoms with E-state index < -0.39 is 0 Å². The van der Waals surface area contributed by atoms with E-state index in [-0.39, 0.29) is 5.91 Å². The van der Waals surface area contributed by atoms with E-state index in [0.29, 0.717) is 12.1 Å². The number of carbonyl (C=O) groups is 1. The second-order valence-electron chi connectivity index (χ2n) is 8.11. The van der Waals surface area contributed by atoms with E-state index in [0.717, 1.165) is 56.4 Å². The molecule has 0 fully saturated rings. The molecule has 0 bridgehead atoms. The van der Waals surface area contributed by atoms with E-state index in [1.54, 1.807) is 7.11 Å². The number of para-hydroxylation sites is 1. The molecule has 0 radical (unpaired) electrons. The SMILES string of the molecule is COc1ccc2[nH]cc(CCNC(=O)c3cc(C)nc4c(-c5ccccc5)cccc34)c2c1. The van der Waals surface area contributed by atoms with Crippen LogP contribution in [0.1, 0.15) is 21.6 Å². The average molecular weight is 436 g/mol. The van der Waals surface area contributed by atoms with Crippen molar-refractivity contribution in [3.63, 3.8) is 0 Å². The maximum atomic E-state index is 13.2. The van der Waals surface area contributed by atoms with Crippen molar-refractivity contribution in [2.24, 2.45) is 0 Å². The van der Waals surface area contributed by atoms with Gasteiger partial charge in [0.05, 0.1) is 18.2 Å². The van der Waals surface area contributed by atoms with Crippen molar-refractivity contribution in [3.05, 3.63) is 95.8 Å². The molecule has 33 heavy (non-hydrogen) atoms. The summed E-state index contributed by atoms with van der Waals surface area (Å²) in [6, 6.07) is 24.0. The highest BCUT2D eigenvalue weighted by Crippen LogP contribution is 2.29. The minimum atomic E-state index is -0.0897. The van der Waals surface area contributed by atoms with Crippen molar-refractivity contribution in [1.82, 2.24) is 15.3 Å². The molecule has 2 heterocycles. The van der Waals surface area contributed by atoms with Crippen LogP contribution in [0.4, 0.5) is 0 Å². The van der Waals surface area contributed by atoms with Crippen molar-refractivity contribution >= 4 is 27.7 Å². The molecule has 0 saturated carbocycles. The zero-order valence-electron chi connectivity index (χ0n) is 18.7. The fraction of sp³-hybridized carbons (Fsp3) is 0.143. The Balaban J connectivity index is 1.40. The molecule has 3 aromatic carbocycles. The monoisotopic (exact) mass is 435 g/mol. The van der Waals surface area contributed by atoms with Crippen molar-refractivity contribution in [2.45, 2.75) is 13.3 Å². The molecule has 0 aliphatic heterocycles. The first-order valence-corrected chi connectivity index (χ1v) is 11.0. The number of aromatic nitrogens is 2. The molecule has 0 atom stereocenters. The molecule has 5 aromatic rings.